The van der Waals surface area contributed by atoms with Crippen molar-refractivity contribution in [2.75, 3.05) is 12.4 Å². The van der Waals surface area contributed by atoms with Crippen molar-refractivity contribution in [3.63, 3.8) is 0 Å². The highest BCUT2D eigenvalue weighted by atomic mass is 35.5. The summed E-state index contributed by atoms with van der Waals surface area (Å²) < 4.78 is 5.02. The van der Waals surface area contributed by atoms with Crippen molar-refractivity contribution in [2.45, 2.75) is 0 Å². The van der Waals surface area contributed by atoms with E-state index in [0.717, 1.165) is 0 Å². The first-order valence-corrected chi connectivity index (χ1v) is 6.42. The van der Waals surface area contributed by atoms with Crippen molar-refractivity contribution in [2.24, 2.45) is 0 Å². The number of nitrogens with one attached hydrogen (secondary N) is 1. The van der Waals surface area contributed by atoms with E-state index in [4.69, 9.17) is 16.3 Å². The number of phenols is 1. The van der Waals surface area contributed by atoms with Crippen LogP contribution in [0.3, 0.4) is 0 Å². The Morgan fingerprint density at radius 2 is 2.05 bits per heavy atom. The van der Waals surface area contributed by atoms with Crippen LogP contribution in [0, 0.1) is 10.1 Å². The van der Waals surface area contributed by atoms with E-state index >= 15 is 0 Å². The van der Waals surface area contributed by atoms with Gasteiger partial charge in [0.15, 0.2) is 0 Å². The summed E-state index contributed by atoms with van der Waals surface area (Å²) in [6.45, 7) is 0. The number of nitro benzene ring substituents is 1. The number of amides is 1. The minimum absolute atomic E-state index is 0.0205. The molecule has 0 saturated heterocycles. The maximum atomic E-state index is 12.2. The minimum atomic E-state index is -0.618. The molecule has 0 fully saturated rings. The highest BCUT2D eigenvalue weighted by molar-refractivity contribution is 6.31. The predicted molar refractivity (Wildman–Crippen MR) is 80.7 cm³/mol. The number of aromatic hydroxyl groups is 1. The van der Waals surface area contributed by atoms with Gasteiger partial charge in [-0.15, -0.1) is 0 Å². The van der Waals surface area contributed by atoms with Crippen molar-refractivity contribution in [1.29, 1.82) is 0 Å². The molecule has 1 amide bonds. The lowest BCUT2D eigenvalue weighted by molar-refractivity contribution is -0.384. The van der Waals surface area contributed by atoms with Crippen LogP contribution in [0.15, 0.2) is 36.4 Å². The second-order valence-electron chi connectivity index (χ2n) is 4.26. The molecule has 0 radical (unpaired) electrons. The average Bonchev–Trinajstić information content (AvgIpc) is 2.49. The zero-order valence-electron chi connectivity index (χ0n) is 11.4. The summed E-state index contributed by atoms with van der Waals surface area (Å²) in [6.07, 6.45) is 0. The van der Waals surface area contributed by atoms with Gasteiger partial charge in [0, 0.05) is 11.1 Å². The number of ether oxygens (including phenoxy) is 1. The summed E-state index contributed by atoms with van der Waals surface area (Å²) in [7, 11) is 1.32. The first-order valence-electron chi connectivity index (χ1n) is 6.04. The average molecular weight is 323 g/mol. The lowest BCUT2D eigenvalue weighted by Crippen LogP contribution is -2.13. The predicted octanol–water partition coefficient (Wildman–Crippen LogP) is 3.21. The molecule has 0 atom stereocenters. The van der Waals surface area contributed by atoms with Crippen LogP contribution in [0.4, 0.5) is 11.4 Å². The number of hydrogen-bond acceptors (Lipinski definition) is 5. The topological polar surface area (TPSA) is 102 Å². The number of nitro groups is 1. The van der Waals surface area contributed by atoms with Crippen LogP contribution < -0.4 is 10.1 Å². The summed E-state index contributed by atoms with van der Waals surface area (Å²) in [5.74, 6) is -0.723. The fourth-order valence-corrected chi connectivity index (χ4v) is 1.95. The Labute approximate surface area is 130 Å². The van der Waals surface area contributed by atoms with Gasteiger partial charge in [-0.05, 0) is 24.3 Å². The van der Waals surface area contributed by atoms with E-state index < -0.39 is 10.8 Å². The first kappa shape index (κ1) is 15.6. The van der Waals surface area contributed by atoms with Gasteiger partial charge in [-0.2, -0.15) is 0 Å². The van der Waals surface area contributed by atoms with E-state index in [1.807, 2.05) is 0 Å². The quantitative estimate of drug-likeness (QED) is 0.664. The molecular weight excluding hydrogens is 312 g/mol. The minimum Gasteiger partial charge on any atom is -0.507 e. The van der Waals surface area contributed by atoms with E-state index in [2.05, 4.69) is 5.32 Å². The van der Waals surface area contributed by atoms with Gasteiger partial charge in [-0.3, -0.25) is 14.9 Å². The van der Waals surface area contributed by atoms with Gasteiger partial charge in [0.25, 0.3) is 11.6 Å². The lowest BCUT2D eigenvalue weighted by atomic mass is 10.1. The Balaban J connectivity index is 2.32. The standard InChI is InChI=1S/C14H11ClN2O5/c1-22-13-7-9(17(20)21)3-4-11(13)16-14(19)10-6-8(15)2-5-12(10)18/h2-7,18H,1H3,(H,16,19). The van der Waals surface area contributed by atoms with Gasteiger partial charge in [0.2, 0.25) is 0 Å². The number of rotatable bonds is 4. The fourth-order valence-electron chi connectivity index (χ4n) is 1.78. The number of nitrogens with zero attached hydrogens (tertiary/aromatic N) is 1. The van der Waals surface area contributed by atoms with E-state index in [1.54, 1.807) is 0 Å². The molecule has 0 unspecified atom stereocenters. The molecule has 0 aliphatic rings. The zero-order valence-corrected chi connectivity index (χ0v) is 12.1. The van der Waals surface area contributed by atoms with Crippen molar-refractivity contribution in [1.82, 2.24) is 0 Å². The molecule has 114 valence electrons. The van der Waals surface area contributed by atoms with Crippen LogP contribution in [-0.2, 0) is 0 Å². The number of benzene rings is 2. The van der Waals surface area contributed by atoms with Crippen LogP contribution in [-0.4, -0.2) is 23.0 Å². The Kier molecular flexibility index (Phi) is 4.47. The highest BCUT2D eigenvalue weighted by Crippen LogP contribution is 2.30. The van der Waals surface area contributed by atoms with Crippen molar-refractivity contribution in [3.05, 3.63) is 57.1 Å². The number of phenolic OH excluding ortho intramolecular Hbond substituents is 1. The van der Waals surface area contributed by atoms with E-state index in [0.29, 0.717) is 5.02 Å². The summed E-state index contributed by atoms with van der Waals surface area (Å²) in [4.78, 5) is 22.3. The molecule has 2 rings (SSSR count). The highest BCUT2D eigenvalue weighted by Gasteiger charge is 2.16. The second kappa shape index (κ2) is 6.31. The maximum Gasteiger partial charge on any atom is 0.273 e. The molecule has 2 aromatic rings. The molecule has 2 aromatic carbocycles. The molecule has 7 nitrogen and oxygen atoms in total. The number of carbonyl (C=O) groups excluding carboxylic acids is 1. The normalized spacial score (nSPS) is 10.1. The monoisotopic (exact) mass is 322 g/mol. The molecule has 0 spiro atoms. The van der Waals surface area contributed by atoms with Crippen LogP contribution in [0.1, 0.15) is 10.4 Å². The van der Waals surface area contributed by atoms with E-state index in [9.17, 15) is 20.0 Å². The van der Waals surface area contributed by atoms with E-state index in [-0.39, 0.29) is 28.4 Å². The van der Waals surface area contributed by atoms with Crippen molar-refractivity contribution < 1.29 is 19.6 Å². The second-order valence-corrected chi connectivity index (χ2v) is 4.69. The number of non-ortho nitro benzene ring substituents is 1. The molecule has 0 saturated carbocycles. The van der Waals surface area contributed by atoms with Crippen LogP contribution in [0.5, 0.6) is 11.5 Å². The summed E-state index contributed by atoms with van der Waals surface area (Å²) in [6, 6.07) is 7.81. The zero-order chi connectivity index (χ0) is 16.3. The number of anilines is 1. The van der Waals surface area contributed by atoms with Gasteiger partial charge in [0.05, 0.1) is 29.4 Å². The Morgan fingerprint density at radius 1 is 1.32 bits per heavy atom. The van der Waals surface area contributed by atoms with Crippen molar-refractivity contribution in [3.8, 4) is 11.5 Å². The van der Waals surface area contributed by atoms with Gasteiger partial charge >= 0.3 is 0 Å². The largest absolute Gasteiger partial charge is 0.507 e. The third-order valence-electron chi connectivity index (χ3n) is 2.85. The molecule has 8 heteroatoms. The summed E-state index contributed by atoms with van der Waals surface area (Å²) in [5.41, 5.74) is 0.0471. The first-order chi connectivity index (χ1) is 10.4. The lowest BCUT2D eigenvalue weighted by Gasteiger charge is -2.11. The molecule has 0 aromatic heterocycles. The molecule has 22 heavy (non-hydrogen) atoms. The molecule has 2 N–H and O–H groups in total. The maximum absolute atomic E-state index is 12.2. The molecular formula is C14H11ClN2O5. The van der Waals surface area contributed by atoms with Crippen LogP contribution >= 0.6 is 11.6 Å². The number of halogens is 1. The fraction of sp³-hybridized carbons (Fsp3) is 0.0714. The Morgan fingerprint density at radius 3 is 2.68 bits per heavy atom. The SMILES string of the molecule is COc1cc([N+](=O)[O-])ccc1NC(=O)c1cc(Cl)ccc1O. The number of methoxy groups -OCH3 is 1. The number of hydrogen-bond donors (Lipinski definition) is 2. The van der Waals surface area contributed by atoms with Crippen LogP contribution in [0.25, 0.3) is 0 Å². The molecule has 0 aliphatic carbocycles. The molecule has 0 bridgehead atoms. The van der Waals surface area contributed by atoms with Gasteiger partial charge in [-0.25, -0.2) is 0 Å². The van der Waals surface area contributed by atoms with Crippen molar-refractivity contribution >= 4 is 28.9 Å². The Bertz CT molecular complexity index is 748. The molecule has 0 aliphatic heterocycles. The third kappa shape index (κ3) is 3.26. The van der Waals surface area contributed by atoms with E-state index in [1.165, 1.54) is 43.5 Å². The van der Waals surface area contributed by atoms with Gasteiger partial charge in [0.1, 0.15) is 11.5 Å². The Hall–Kier alpha value is -2.80. The molecule has 0 heterocycles. The van der Waals surface area contributed by atoms with Gasteiger partial charge < -0.3 is 15.2 Å². The summed E-state index contributed by atoms with van der Waals surface area (Å²) >= 11 is 5.79. The third-order valence-corrected chi connectivity index (χ3v) is 3.08. The van der Waals surface area contributed by atoms with Crippen LogP contribution in [0.2, 0.25) is 5.02 Å². The number of carbonyl (C=O) groups is 1. The summed E-state index contributed by atoms with van der Waals surface area (Å²) in [5, 5.41) is 23.2. The smallest absolute Gasteiger partial charge is 0.273 e. The van der Waals surface area contributed by atoms with Gasteiger partial charge in [-0.1, -0.05) is 11.6 Å².